The summed E-state index contributed by atoms with van der Waals surface area (Å²) < 4.78 is 22.3. The van der Waals surface area contributed by atoms with E-state index in [4.69, 9.17) is 9.47 Å². The first kappa shape index (κ1) is 17.7. The Morgan fingerprint density at radius 1 is 1.22 bits per heavy atom. The van der Waals surface area contributed by atoms with Gasteiger partial charge in [0.2, 0.25) is 0 Å². The van der Waals surface area contributed by atoms with E-state index in [0.717, 1.165) is 19.4 Å². The predicted molar refractivity (Wildman–Crippen MR) is 74.9 cm³/mol. The van der Waals surface area contributed by atoms with Gasteiger partial charge in [-0.25, -0.2) is 0 Å². The van der Waals surface area contributed by atoms with E-state index in [9.17, 15) is 9.36 Å². The number of carbonyl (C=O) groups is 1. The first-order valence-corrected chi connectivity index (χ1v) is 8.57. The molecule has 0 aliphatic rings. The quantitative estimate of drug-likeness (QED) is 0.331. The highest BCUT2D eigenvalue weighted by molar-refractivity contribution is 7.45. The summed E-state index contributed by atoms with van der Waals surface area (Å²) in [6.45, 7) is 7.55. The van der Waals surface area contributed by atoms with Crippen LogP contribution in [-0.4, -0.2) is 37.6 Å². The number of unbranched alkanes of at least 4 members (excludes halogenated alkanes) is 1. The summed E-state index contributed by atoms with van der Waals surface area (Å²) in [7, 11) is -1.63. The predicted octanol–water partition coefficient (Wildman–Crippen LogP) is 3.09. The highest BCUT2D eigenvalue weighted by atomic mass is 31.1. The molecule has 0 fully saturated rings. The number of ether oxygens (including phenoxy) is 2. The van der Waals surface area contributed by atoms with Gasteiger partial charge < -0.3 is 14.0 Å². The fraction of sp³-hybridized carbons (Fsp3) is 0.923. The fourth-order valence-corrected chi connectivity index (χ4v) is 2.66. The number of hydrogen-bond acceptors (Lipinski definition) is 4. The molecule has 0 radical (unpaired) electrons. The van der Waals surface area contributed by atoms with Gasteiger partial charge in [-0.3, -0.25) is 4.79 Å². The molecule has 18 heavy (non-hydrogen) atoms. The molecule has 0 aromatic rings. The molecule has 2 unspecified atom stereocenters. The van der Waals surface area contributed by atoms with E-state index in [1.807, 2.05) is 6.92 Å². The lowest BCUT2D eigenvalue weighted by molar-refractivity contribution is -0.143. The second-order valence-electron chi connectivity index (χ2n) is 4.45. The summed E-state index contributed by atoms with van der Waals surface area (Å²) in [4.78, 5) is 10.9. The van der Waals surface area contributed by atoms with Crippen molar-refractivity contribution in [3.8, 4) is 0 Å². The van der Waals surface area contributed by atoms with Crippen LogP contribution in [0.3, 0.4) is 0 Å². The molecule has 0 saturated heterocycles. The number of rotatable bonds is 11. The third kappa shape index (κ3) is 9.67. The third-order valence-corrected chi connectivity index (χ3v) is 4.87. The van der Waals surface area contributed by atoms with Gasteiger partial charge in [-0.1, -0.05) is 27.2 Å². The van der Waals surface area contributed by atoms with Crippen LogP contribution in [0.1, 0.15) is 46.5 Å². The van der Waals surface area contributed by atoms with Crippen LogP contribution in [-0.2, 0) is 18.8 Å². The smallest absolute Gasteiger partial charge is 0.305 e. The Bertz CT molecular complexity index is 243. The molecule has 0 aliphatic heterocycles. The lowest BCUT2D eigenvalue weighted by Crippen LogP contribution is -2.10. The zero-order valence-corrected chi connectivity index (χ0v) is 12.9. The molecule has 0 aliphatic carbocycles. The second kappa shape index (κ2) is 11.7. The molecule has 0 spiro atoms. The summed E-state index contributed by atoms with van der Waals surface area (Å²) in [5.74, 6) is -0.190. The Balaban J connectivity index is 3.54. The highest BCUT2D eigenvalue weighted by Crippen LogP contribution is 2.29. The summed E-state index contributed by atoms with van der Waals surface area (Å²) >= 11 is 0. The van der Waals surface area contributed by atoms with Gasteiger partial charge in [0.1, 0.15) is 0 Å². The lowest BCUT2D eigenvalue weighted by Gasteiger charge is -2.11. The van der Waals surface area contributed by atoms with Gasteiger partial charge in [-0.15, -0.1) is 0 Å². The van der Waals surface area contributed by atoms with E-state index in [1.54, 1.807) is 6.92 Å². The summed E-state index contributed by atoms with van der Waals surface area (Å²) in [5, 5.41) is 0. The lowest BCUT2D eigenvalue weighted by atomic mass is 10.3. The van der Waals surface area contributed by atoms with Crippen molar-refractivity contribution in [1.29, 1.82) is 0 Å². The maximum atomic E-state index is 11.9. The monoisotopic (exact) mass is 278 g/mol. The topological polar surface area (TPSA) is 52.6 Å². The zero-order chi connectivity index (χ0) is 13.8. The summed E-state index contributed by atoms with van der Waals surface area (Å²) in [5.41, 5.74) is 0.120. The number of carbonyl (C=O) groups excluding carboxylic acids is 1. The van der Waals surface area contributed by atoms with E-state index in [0.29, 0.717) is 32.2 Å². The van der Waals surface area contributed by atoms with Crippen LogP contribution < -0.4 is 0 Å². The standard InChI is InChI=1S/C13H27O4P/c1-4-6-8-16-10-11-18(15)12(3)7-9-17-13(14)5-2/h12,18H,4-11H2,1-3H3. The molecule has 0 aromatic carbocycles. The molecule has 0 N–H and O–H groups in total. The number of esters is 1. The molecule has 2 atom stereocenters. The molecule has 0 rings (SSSR count). The van der Waals surface area contributed by atoms with E-state index in [1.165, 1.54) is 0 Å². The van der Waals surface area contributed by atoms with Crippen LogP contribution >= 0.6 is 7.80 Å². The van der Waals surface area contributed by atoms with Crippen LogP contribution in [0.5, 0.6) is 0 Å². The third-order valence-electron chi connectivity index (χ3n) is 2.79. The Morgan fingerprint density at radius 3 is 2.56 bits per heavy atom. The van der Waals surface area contributed by atoms with E-state index in [2.05, 4.69) is 6.92 Å². The van der Waals surface area contributed by atoms with Crippen molar-refractivity contribution >= 4 is 13.8 Å². The molecular weight excluding hydrogens is 251 g/mol. The molecule has 0 aromatic heterocycles. The Kier molecular flexibility index (Phi) is 11.5. The SMILES string of the molecule is CCCCOCC[PH](=O)C(C)CCOC(=O)CC. The normalized spacial score (nSPS) is 14.2. The van der Waals surface area contributed by atoms with Crippen LogP contribution in [0.2, 0.25) is 0 Å². The summed E-state index contributed by atoms with van der Waals surface area (Å²) in [6.07, 6.45) is 3.89. The van der Waals surface area contributed by atoms with Gasteiger partial charge >= 0.3 is 5.97 Å². The molecule has 0 amide bonds. The molecule has 5 heteroatoms. The van der Waals surface area contributed by atoms with Crippen LogP contribution in [0.25, 0.3) is 0 Å². The molecule has 0 bridgehead atoms. The van der Waals surface area contributed by atoms with Gasteiger partial charge in [-0.2, -0.15) is 0 Å². The molecular formula is C13H27O4P. The molecule has 0 heterocycles. The average Bonchev–Trinajstić information content (AvgIpc) is 2.37. The fourth-order valence-electron chi connectivity index (χ4n) is 1.38. The van der Waals surface area contributed by atoms with Gasteiger partial charge in [0.15, 0.2) is 0 Å². The van der Waals surface area contributed by atoms with Gasteiger partial charge in [-0.05, 0) is 12.8 Å². The molecule has 4 nitrogen and oxygen atoms in total. The summed E-state index contributed by atoms with van der Waals surface area (Å²) in [6, 6.07) is 0. The van der Waals surface area contributed by atoms with Crippen LogP contribution in [0, 0.1) is 0 Å². The Morgan fingerprint density at radius 2 is 1.94 bits per heavy atom. The minimum Gasteiger partial charge on any atom is -0.466 e. The Hall–Kier alpha value is -0.340. The van der Waals surface area contributed by atoms with Gasteiger partial charge in [0.25, 0.3) is 0 Å². The molecule has 108 valence electrons. The van der Waals surface area contributed by atoms with Crippen molar-refractivity contribution in [3.63, 3.8) is 0 Å². The van der Waals surface area contributed by atoms with E-state index < -0.39 is 7.80 Å². The minimum atomic E-state index is -1.63. The zero-order valence-electron chi connectivity index (χ0n) is 11.9. The van der Waals surface area contributed by atoms with E-state index in [-0.39, 0.29) is 11.6 Å². The van der Waals surface area contributed by atoms with Crippen molar-refractivity contribution in [2.24, 2.45) is 0 Å². The van der Waals surface area contributed by atoms with Crippen molar-refractivity contribution in [2.45, 2.75) is 52.1 Å². The van der Waals surface area contributed by atoms with Crippen molar-refractivity contribution in [2.75, 3.05) is 26.0 Å². The second-order valence-corrected chi connectivity index (χ2v) is 6.86. The first-order valence-electron chi connectivity index (χ1n) is 6.87. The van der Waals surface area contributed by atoms with Crippen molar-refractivity contribution in [1.82, 2.24) is 0 Å². The van der Waals surface area contributed by atoms with Crippen molar-refractivity contribution < 1.29 is 18.8 Å². The minimum absolute atomic E-state index is 0.120. The van der Waals surface area contributed by atoms with Crippen LogP contribution in [0.15, 0.2) is 0 Å². The highest BCUT2D eigenvalue weighted by Gasteiger charge is 2.11. The molecule has 0 saturated carbocycles. The Labute approximate surface area is 111 Å². The van der Waals surface area contributed by atoms with Gasteiger partial charge in [0, 0.05) is 24.8 Å². The van der Waals surface area contributed by atoms with E-state index >= 15 is 0 Å². The first-order chi connectivity index (χ1) is 8.61. The maximum Gasteiger partial charge on any atom is 0.305 e. The van der Waals surface area contributed by atoms with Gasteiger partial charge in [0.05, 0.1) is 21.0 Å². The maximum absolute atomic E-state index is 11.9. The van der Waals surface area contributed by atoms with Crippen molar-refractivity contribution in [3.05, 3.63) is 0 Å². The number of hydrogen-bond donors (Lipinski definition) is 0. The largest absolute Gasteiger partial charge is 0.466 e. The average molecular weight is 278 g/mol. The van der Waals surface area contributed by atoms with Crippen LogP contribution in [0.4, 0.5) is 0 Å².